The van der Waals surface area contributed by atoms with Crippen molar-refractivity contribution in [2.45, 2.75) is 78.4 Å². The molecule has 0 saturated carbocycles. The van der Waals surface area contributed by atoms with Crippen molar-refractivity contribution in [3.8, 4) is 17.2 Å². The number of esters is 5. The van der Waals surface area contributed by atoms with Gasteiger partial charge in [0.2, 0.25) is 12.4 Å². The molecule has 0 N–H and O–H groups in total. The molecular weight excluding hydrogens is 636 g/mol. The molecule has 1 aliphatic heterocycles. The van der Waals surface area contributed by atoms with Gasteiger partial charge in [0.25, 0.3) is 5.75 Å². The van der Waals surface area contributed by atoms with Crippen molar-refractivity contribution in [2.24, 2.45) is 0 Å². The summed E-state index contributed by atoms with van der Waals surface area (Å²) >= 11 is 0. The highest BCUT2D eigenvalue weighted by molar-refractivity contribution is 5.88. The third-order valence-electron chi connectivity index (χ3n) is 6.72. The Balaban J connectivity index is 1.75. The van der Waals surface area contributed by atoms with E-state index in [1.165, 1.54) is 18.2 Å². The maximum Gasteiger partial charge on any atom is 0.383 e. The molecule has 0 radical (unpaired) electrons. The second-order valence-corrected chi connectivity index (χ2v) is 10.5. The molecule has 5 atom stereocenters. The quantitative estimate of drug-likeness (QED) is 0.155. The molecule has 48 heavy (non-hydrogen) atoms. The van der Waals surface area contributed by atoms with Crippen LogP contribution >= 0.6 is 0 Å². The lowest BCUT2D eigenvalue weighted by atomic mass is 9.98. The van der Waals surface area contributed by atoms with Crippen LogP contribution in [0, 0.1) is 0 Å². The van der Waals surface area contributed by atoms with Crippen LogP contribution in [0.1, 0.15) is 46.6 Å². The maximum atomic E-state index is 13.1. The van der Waals surface area contributed by atoms with Crippen molar-refractivity contribution in [1.29, 1.82) is 0 Å². The highest BCUT2D eigenvalue weighted by Crippen LogP contribution is 2.37. The highest BCUT2D eigenvalue weighted by atomic mass is 16.7. The van der Waals surface area contributed by atoms with Crippen molar-refractivity contribution in [3.05, 3.63) is 64.5 Å². The molecular formula is C33H34O15. The fraction of sp³-hybridized carbons (Fsp3) is 0.394. The molecule has 1 aromatic heterocycles. The molecule has 2 aromatic carbocycles. The summed E-state index contributed by atoms with van der Waals surface area (Å²) in [5.74, 6) is -4.24. The standard InChI is InChI=1S/C33H34O15/c1-6-26(38)48-30-27(41-15-21-10-8-7-9-11-21)23-13-12-22(14-24(23)46-32(30)39)45-33-31(44-20(5)37)29(43-19(4)36)28(42-18(3)35)25(47-33)16-40-17(2)34/h7-14,25,28-29,31,33H,6,15-16H2,1-5H3/t25-,28+,29+,31-,33-/m1/s1. The predicted octanol–water partition coefficient (Wildman–Crippen LogP) is 3.15. The minimum atomic E-state index is -1.53. The number of carbonyl (C=O) groups excluding carboxylic acids is 5. The van der Waals surface area contributed by atoms with Crippen LogP contribution in [0.15, 0.2) is 57.7 Å². The van der Waals surface area contributed by atoms with Crippen LogP contribution in [0.3, 0.4) is 0 Å². The predicted molar refractivity (Wildman–Crippen MR) is 162 cm³/mol. The van der Waals surface area contributed by atoms with Crippen molar-refractivity contribution >= 4 is 40.8 Å². The number of hydrogen-bond acceptors (Lipinski definition) is 15. The second kappa shape index (κ2) is 15.9. The second-order valence-electron chi connectivity index (χ2n) is 10.5. The fourth-order valence-electron chi connectivity index (χ4n) is 4.77. The van der Waals surface area contributed by atoms with E-state index in [2.05, 4.69) is 0 Å². The Morgan fingerprint density at radius 1 is 0.771 bits per heavy atom. The maximum absolute atomic E-state index is 13.1. The molecule has 0 aliphatic carbocycles. The van der Waals surface area contributed by atoms with Gasteiger partial charge in [0.15, 0.2) is 18.0 Å². The van der Waals surface area contributed by atoms with E-state index in [-0.39, 0.29) is 35.5 Å². The Hall–Kier alpha value is -5.44. The molecule has 1 saturated heterocycles. The zero-order valence-electron chi connectivity index (χ0n) is 26.8. The Morgan fingerprint density at radius 3 is 2.04 bits per heavy atom. The molecule has 256 valence electrons. The monoisotopic (exact) mass is 670 g/mol. The van der Waals surface area contributed by atoms with E-state index in [9.17, 15) is 28.8 Å². The smallest absolute Gasteiger partial charge is 0.383 e. The summed E-state index contributed by atoms with van der Waals surface area (Å²) in [5.41, 5.74) is -0.269. The number of hydrogen-bond donors (Lipinski definition) is 0. The lowest BCUT2D eigenvalue weighted by Crippen LogP contribution is -2.63. The van der Waals surface area contributed by atoms with E-state index < -0.39 is 78.5 Å². The molecule has 0 amide bonds. The molecule has 0 spiro atoms. The first-order valence-corrected chi connectivity index (χ1v) is 14.8. The van der Waals surface area contributed by atoms with Crippen molar-refractivity contribution in [2.75, 3.05) is 6.61 Å². The molecule has 15 heteroatoms. The summed E-state index contributed by atoms with van der Waals surface area (Å²) in [6, 6.07) is 13.3. The van der Waals surface area contributed by atoms with E-state index in [4.69, 9.17) is 42.3 Å². The Morgan fingerprint density at radius 2 is 1.42 bits per heavy atom. The number of carbonyl (C=O) groups is 5. The number of ether oxygens (including phenoxy) is 8. The first kappa shape index (κ1) is 35.4. The summed E-state index contributed by atoms with van der Waals surface area (Å²) in [6.07, 6.45) is -7.12. The van der Waals surface area contributed by atoms with Gasteiger partial charge in [-0.05, 0) is 17.7 Å². The van der Waals surface area contributed by atoms with E-state index in [0.717, 1.165) is 33.3 Å². The Bertz CT molecular complexity index is 1710. The van der Waals surface area contributed by atoms with Crippen LogP contribution in [0.25, 0.3) is 11.0 Å². The summed E-state index contributed by atoms with van der Waals surface area (Å²) in [4.78, 5) is 73.1. The third-order valence-corrected chi connectivity index (χ3v) is 6.72. The minimum Gasteiger partial charge on any atom is -0.484 e. The summed E-state index contributed by atoms with van der Waals surface area (Å²) < 4.78 is 50.1. The number of fused-ring (bicyclic) bond motifs is 1. The zero-order valence-corrected chi connectivity index (χ0v) is 26.8. The van der Waals surface area contributed by atoms with Crippen LogP contribution in [0.2, 0.25) is 0 Å². The normalized spacial score (nSPS) is 20.2. The summed E-state index contributed by atoms with van der Waals surface area (Å²) in [7, 11) is 0. The first-order chi connectivity index (χ1) is 22.9. The fourth-order valence-corrected chi connectivity index (χ4v) is 4.77. The zero-order chi connectivity index (χ0) is 35.0. The molecule has 0 unspecified atom stereocenters. The van der Waals surface area contributed by atoms with Gasteiger partial charge in [-0.3, -0.25) is 24.0 Å². The van der Waals surface area contributed by atoms with Gasteiger partial charge in [0, 0.05) is 40.2 Å². The van der Waals surface area contributed by atoms with Crippen molar-refractivity contribution in [3.63, 3.8) is 0 Å². The van der Waals surface area contributed by atoms with Gasteiger partial charge in [-0.25, -0.2) is 4.79 Å². The number of rotatable bonds is 12. The minimum absolute atomic E-state index is 0.0128. The molecule has 2 heterocycles. The molecule has 1 aliphatic rings. The van der Waals surface area contributed by atoms with Gasteiger partial charge in [-0.2, -0.15) is 0 Å². The average Bonchev–Trinajstić information content (AvgIpc) is 3.02. The first-order valence-electron chi connectivity index (χ1n) is 14.8. The van der Waals surface area contributed by atoms with Crippen LogP contribution in [-0.4, -0.2) is 67.2 Å². The highest BCUT2D eigenvalue weighted by Gasteiger charge is 2.53. The van der Waals surface area contributed by atoms with Crippen molar-refractivity contribution < 1.29 is 66.3 Å². The van der Waals surface area contributed by atoms with Crippen LogP contribution in [0.5, 0.6) is 17.2 Å². The van der Waals surface area contributed by atoms with Gasteiger partial charge in [0.05, 0.1) is 5.39 Å². The third kappa shape index (κ3) is 9.09. The molecule has 0 bridgehead atoms. The van der Waals surface area contributed by atoms with E-state index in [1.54, 1.807) is 6.92 Å². The van der Waals surface area contributed by atoms with Gasteiger partial charge < -0.3 is 42.3 Å². The number of benzene rings is 2. The lowest BCUT2D eigenvalue weighted by Gasteiger charge is -2.43. The van der Waals surface area contributed by atoms with Gasteiger partial charge in [-0.15, -0.1) is 0 Å². The van der Waals surface area contributed by atoms with Gasteiger partial charge >= 0.3 is 35.5 Å². The van der Waals surface area contributed by atoms with E-state index >= 15 is 0 Å². The molecule has 1 fully saturated rings. The van der Waals surface area contributed by atoms with E-state index in [1.807, 2.05) is 30.3 Å². The summed E-state index contributed by atoms with van der Waals surface area (Å²) in [6.45, 7) is 5.58. The Labute approximate surface area is 273 Å². The molecule has 3 aromatic rings. The SMILES string of the molecule is CCC(=O)Oc1c(OCc2ccccc2)c2ccc(O[C@@H]3O[C@H](COC(C)=O)[C@H](OC(C)=O)[C@H](OC(C)=O)[C@H]3OC(C)=O)cc2oc1=O. The van der Waals surface area contributed by atoms with Crippen LogP contribution in [-0.2, 0) is 54.3 Å². The van der Waals surface area contributed by atoms with Crippen LogP contribution in [0.4, 0.5) is 0 Å². The van der Waals surface area contributed by atoms with E-state index in [0.29, 0.717) is 0 Å². The Kier molecular flexibility index (Phi) is 11.7. The largest absolute Gasteiger partial charge is 0.484 e. The van der Waals surface area contributed by atoms with Crippen LogP contribution < -0.4 is 19.8 Å². The summed E-state index contributed by atoms with van der Waals surface area (Å²) in [5, 5.41) is 0.248. The molecule has 15 nitrogen and oxygen atoms in total. The molecule has 4 rings (SSSR count). The topological polar surface area (TPSA) is 189 Å². The van der Waals surface area contributed by atoms with Gasteiger partial charge in [-0.1, -0.05) is 37.3 Å². The van der Waals surface area contributed by atoms with Gasteiger partial charge in [0.1, 0.15) is 30.7 Å². The average molecular weight is 671 g/mol. The van der Waals surface area contributed by atoms with Crippen molar-refractivity contribution in [1.82, 2.24) is 0 Å². The lowest BCUT2D eigenvalue weighted by molar-refractivity contribution is -0.288.